The fourth-order valence-corrected chi connectivity index (χ4v) is 1.25. The minimum absolute atomic E-state index is 0.229. The molecule has 7 heteroatoms. The molecule has 1 aliphatic carbocycles. The Kier molecular flexibility index (Phi) is 4.52. The summed E-state index contributed by atoms with van der Waals surface area (Å²) >= 11 is 0. The second-order valence-electron chi connectivity index (χ2n) is 4.58. The Morgan fingerprint density at radius 2 is 1.83 bits per heavy atom. The van der Waals surface area contributed by atoms with E-state index in [0.29, 0.717) is 0 Å². The van der Waals surface area contributed by atoms with Crippen molar-refractivity contribution in [3.8, 4) is 0 Å². The van der Waals surface area contributed by atoms with Gasteiger partial charge in [0, 0.05) is 13.1 Å². The number of urea groups is 1. The van der Waals surface area contributed by atoms with Crippen molar-refractivity contribution < 1.29 is 19.5 Å². The minimum Gasteiger partial charge on any atom is -0.480 e. The third-order valence-electron chi connectivity index (χ3n) is 2.92. The molecule has 2 unspecified atom stereocenters. The largest absolute Gasteiger partial charge is 0.480 e. The van der Waals surface area contributed by atoms with Crippen molar-refractivity contribution in [1.29, 1.82) is 0 Å². The molecule has 1 fully saturated rings. The number of nitrogens with zero attached hydrogens (tertiary/aromatic N) is 1. The zero-order chi connectivity index (χ0) is 13.9. The Balaban J connectivity index is 2.42. The molecular formula is C11H19N3O4. The molecule has 0 aromatic carbocycles. The van der Waals surface area contributed by atoms with Gasteiger partial charge < -0.3 is 20.6 Å². The number of carbonyl (C=O) groups is 3. The monoisotopic (exact) mass is 257 g/mol. The number of carboxylic acid groups (broad SMARTS) is 1. The third kappa shape index (κ3) is 3.90. The van der Waals surface area contributed by atoms with Crippen LogP contribution in [0.5, 0.6) is 0 Å². The lowest BCUT2D eigenvalue weighted by Gasteiger charge is -2.24. The second kappa shape index (κ2) is 5.70. The number of carbonyl (C=O) groups excluding carboxylic acids is 2. The fraction of sp³-hybridized carbons (Fsp3) is 0.727. The number of nitrogens with one attached hydrogen (secondary N) is 2. The zero-order valence-corrected chi connectivity index (χ0v) is 10.8. The van der Waals surface area contributed by atoms with Crippen LogP contribution >= 0.6 is 0 Å². The Bertz CT molecular complexity index is 354. The van der Waals surface area contributed by atoms with Crippen molar-refractivity contribution >= 4 is 17.9 Å². The molecular weight excluding hydrogens is 238 g/mol. The molecule has 102 valence electrons. The van der Waals surface area contributed by atoms with Gasteiger partial charge >= 0.3 is 12.0 Å². The van der Waals surface area contributed by atoms with Crippen molar-refractivity contribution in [2.75, 3.05) is 7.05 Å². The molecule has 18 heavy (non-hydrogen) atoms. The highest BCUT2D eigenvalue weighted by Crippen LogP contribution is 2.18. The van der Waals surface area contributed by atoms with Crippen LogP contribution in [-0.4, -0.2) is 53.1 Å². The number of likely N-dealkylation sites (N-methyl/N-ethyl adjacent to an activating group) is 1. The standard InChI is InChI=1S/C11H19N3O4/c1-6(9(15)13-8-4-5-8)12-11(18)14(3)7(2)10(16)17/h6-8H,4-5H2,1-3H3,(H,12,18)(H,13,15)(H,16,17). The van der Waals surface area contributed by atoms with E-state index < -0.39 is 24.1 Å². The second-order valence-corrected chi connectivity index (χ2v) is 4.58. The molecule has 3 amide bonds. The molecule has 7 nitrogen and oxygen atoms in total. The van der Waals surface area contributed by atoms with Crippen LogP contribution in [0.25, 0.3) is 0 Å². The van der Waals surface area contributed by atoms with E-state index in [4.69, 9.17) is 5.11 Å². The van der Waals surface area contributed by atoms with Gasteiger partial charge in [-0.1, -0.05) is 0 Å². The fourth-order valence-electron chi connectivity index (χ4n) is 1.25. The molecule has 0 bridgehead atoms. The van der Waals surface area contributed by atoms with Gasteiger partial charge in [0.1, 0.15) is 12.1 Å². The number of hydrogen-bond acceptors (Lipinski definition) is 3. The highest BCUT2D eigenvalue weighted by Gasteiger charge is 2.28. The van der Waals surface area contributed by atoms with E-state index >= 15 is 0 Å². The number of carboxylic acids is 1. The lowest BCUT2D eigenvalue weighted by molar-refractivity contribution is -0.141. The van der Waals surface area contributed by atoms with Gasteiger partial charge in [0.25, 0.3) is 0 Å². The molecule has 0 heterocycles. The molecule has 0 saturated heterocycles. The van der Waals surface area contributed by atoms with Gasteiger partial charge in [0.05, 0.1) is 0 Å². The van der Waals surface area contributed by atoms with Crippen molar-refractivity contribution in [3.63, 3.8) is 0 Å². The van der Waals surface area contributed by atoms with E-state index in [1.54, 1.807) is 6.92 Å². The molecule has 2 atom stereocenters. The number of rotatable bonds is 5. The van der Waals surface area contributed by atoms with E-state index in [1.165, 1.54) is 14.0 Å². The van der Waals surface area contributed by atoms with Gasteiger partial charge in [-0.25, -0.2) is 9.59 Å². The third-order valence-corrected chi connectivity index (χ3v) is 2.92. The molecule has 0 aromatic rings. The summed E-state index contributed by atoms with van der Waals surface area (Å²) in [6, 6.07) is -1.97. The summed E-state index contributed by atoms with van der Waals surface area (Å²) in [5.74, 6) is -1.34. The topological polar surface area (TPSA) is 98.7 Å². The van der Waals surface area contributed by atoms with Gasteiger partial charge in [-0.3, -0.25) is 4.79 Å². The Labute approximate surface area is 106 Å². The highest BCUT2D eigenvalue weighted by molar-refractivity contribution is 5.88. The van der Waals surface area contributed by atoms with E-state index in [9.17, 15) is 14.4 Å². The van der Waals surface area contributed by atoms with Crippen LogP contribution in [0.4, 0.5) is 4.79 Å². The molecule has 1 rings (SSSR count). The Hall–Kier alpha value is -1.79. The Morgan fingerprint density at radius 3 is 2.28 bits per heavy atom. The van der Waals surface area contributed by atoms with E-state index in [0.717, 1.165) is 17.7 Å². The number of amides is 3. The predicted molar refractivity (Wildman–Crippen MR) is 64.0 cm³/mol. The van der Waals surface area contributed by atoms with Crippen LogP contribution in [-0.2, 0) is 9.59 Å². The minimum atomic E-state index is -1.09. The summed E-state index contributed by atoms with van der Waals surface area (Å²) in [7, 11) is 1.37. The summed E-state index contributed by atoms with van der Waals surface area (Å²) in [5, 5.41) is 14.0. The van der Waals surface area contributed by atoms with Crippen LogP contribution in [0.2, 0.25) is 0 Å². The zero-order valence-electron chi connectivity index (χ0n) is 10.8. The maximum Gasteiger partial charge on any atom is 0.326 e. The predicted octanol–water partition coefficient (Wildman–Crippen LogP) is -0.232. The summed E-state index contributed by atoms with van der Waals surface area (Å²) in [5.41, 5.74) is 0. The quantitative estimate of drug-likeness (QED) is 0.633. The molecule has 3 N–H and O–H groups in total. The van der Waals surface area contributed by atoms with E-state index in [-0.39, 0.29) is 11.9 Å². The van der Waals surface area contributed by atoms with Crippen LogP contribution in [0.15, 0.2) is 0 Å². The van der Waals surface area contributed by atoms with E-state index in [2.05, 4.69) is 10.6 Å². The average Bonchev–Trinajstić information content (AvgIpc) is 3.10. The molecule has 0 radical (unpaired) electrons. The maximum absolute atomic E-state index is 11.7. The molecule has 0 aliphatic heterocycles. The smallest absolute Gasteiger partial charge is 0.326 e. The number of aliphatic carboxylic acids is 1. The normalized spacial score (nSPS) is 17.5. The van der Waals surface area contributed by atoms with Gasteiger partial charge in [-0.2, -0.15) is 0 Å². The first-order valence-corrected chi connectivity index (χ1v) is 5.89. The van der Waals surface area contributed by atoms with Gasteiger partial charge in [-0.15, -0.1) is 0 Å². The molecule has 1 saturated carbocycles. The van der Waals surface area contributed by atoms with Crippen molar-refractivity contribution in [1.82, 2.24) is 15.5 Å². The van der Waals surface area contributed by atoms with Gasteiger partial charge in [-0.05, 0) is 26.7 Å². The average molecular weight is 257 g/mol. The lowest BCUT2D eigenvalue weighted by Crippen LogP contribution is -2.52. The first kappa shape index (κ1) is 14.3. The number of hydrogen-bond donors (Lipinski definition) is 3. The maximum atomic E-state index is 11.7. The summed E-state index contributed by atoms with van der Waals surface area (Å²) < 4.78 is 0. The lowest BCUT2D eigenvalue weighted by atomic mass is 10.3. The Morgan fingerprint density at radius 1 is 1.28 bits per heavy atom. The van der Waals surface area contributed by atoms with E-state index in [1.807, 2.05) is 0 Å². The van der Waals surface area contributed by atoms with Crippen molar-refractivity contribution in [2.45, 2.75) is 44.8 Å². The van der Waals surface area contributed by atoms with Gasteiger partial charge in [0.15, 0.2) is 0 Å². The first-order valence-electron chi connectivity index (χ1n) is 5.89. The SMILES string of the molecule is CC(NC(=O)N(C)C(C)C(=O)O)C(=O)NC1CC1. The van der Waals surface area contributed by atoms with Crippen LogP contribution in [0.3, 0.4) is 0 Å². The molecule has 0 spiro atoms. The van der Waals surface area contributed by atoms with Crippen molar-refractivity contribution in [2.24, 2.45) is 0 Å². The van der Waals surface area contributed by atoms with Crippen molar-refractivity contribution in [3.05, 3.63) is 0 Å². The molecule has 1 aliphatic rings. The highest BCUT2D eigenvalue weighted by atomic mass is 16.4. The van der Waals surface area contributed by atoms with Crippen LogP contribution in [0.1, 0.15) is 26.7 Å². The summed E-state index contributed by atoms with van der Waals surface area (Å²) in [6.45, 7) is 2.96. The van der Waals surface area contributed by atoms with Crippen LogP contribution < -0.4 is 10.6 Å². The molecule has 0 aromatic heterocycles. The summed E-state index contributed by atoms with van der Waals surface area (Å²) in [6.07, 6.45) is 1.95. The van der Waals surface area contributed by atoms with Gasteiger partial charge in [0.2, 0.25) is 5.91 Å². The first-order chi connectivity index (χ1) is 8.32. The van der Waals surface area contributed by atoms with Crippen LogP contribution in [0, 0.1) is 0 Å². The summed E-state index contributed by atoms with van der Waals surface area (Å²) in [4.78, 5) is 35.0.